The first-order chi connectivity index (χ1) is 22.8. The van der Waals surface area contributed by atoms with Crippen molar-refractivity contribution in [3.63, 3.8) is 0 Å². The molecule has 0 saturated carbocycles. The number of carboxylic acids is 1. The Balaban J connectivity index is 6.41. The number of carbonyl (C=O) groups excluding carboxylic acids is 5. The first kappa shape index (κ1) is 47.7. The van der Waals surface area contributed by atoms with Gasteiger partial charge in [0.25, 0.3) is 0 Å². The van der Waals surface area contributed by atoms with E-state index in [1.807, 2.05) is 0 Å². The lowest BCUT2D eigenvalue weighted by Crippen LogP contribution is -2.61. The monoisotopic (exact) mass is 731 g/mol. The van der Waals surface area contributed by atoms with E-state index in [1.165, 1.54) is 0 Å². The van der Waals surface area contributed by atoms with E-state index in [9.17, 15) is 33.9 Å². The minimum absolute atomic E-state index is 0.326. The van der Waals surface area contributed by atoms with Gasteiger partial charge in [0.1, 0.15) is 29.8 Å². The van der Waals surface area contributed by atoms with E-state index in [-0.39, 0.29) is 13.2 Å². The summed E-state index contributed by atoms with van der Waals surface area (Å²) in [5, 5.41) is 19.7. The molecule has 0 aromatic carbocycles. The summed E-state index contributed by atoms with van der Waals surface area (Å²) in [7, 11) is 0. The molecule has 0 fully saturated rings. The molecule has 0 bridgehead atoms. The maximum atomic E-state index is 13.8. The molecule has 0 unspecified atom stereocenters. The number of rotatable bonds is 18. The molecule has 7 N–H and O–H groups in total. The number of nitrogens with two attached hydrogens (primary N) is 1. The summed E-state index contributed by atoms with van der Waals surface area (Å²) in [6.07, 6.45) is -1.38. The van der Waals surface area contributed by atoms with Crippen LogP contribution in [0.4, 0.5) is 0 Å². The number of hydrogen-bond acceptors (Lipinski definition) is 11. The quantitative estimate of drug-likeness (QED) is 0.110. The fraction of sp³-hybridized carbons (Fsp3) is 0.829. The summed E-state index contributed by atoms with van der Waals surface area (Å²) in [6, 6.07) is -6.85. The van der Waals surface area contributed by atoms with Gasteiger partial charge in [-0.3, -0.25) is 24.0 Å². The van der Waals surface area contributed by atoms with Crippen LogP contribution in [0.15, 0.2) is 0 Å². The lowest BCUT2D eigenvalue weighted by Gasteiger charge is -2.31. The molecule has 0 saturated heterocycles. The molecule has 16 nitrogen and oxygen atoms in total. The number of ether oxygens (including phenoxy) is 4. The van der Waals surface area contributed by atoms with Gasteiger partial charge in [0.2, 0.25) is 23.6 Å². The number of hydrogen-bond donors (Lipinski definition) is 6. The van der Waals surface area contributed by atoms with Crippen LogP contribution in [0.1, 0.15) is 110 Å². The van der Waals surface area contributed by atoms with Crippen LogP contribution in [0, 0.1) is 5.92 Å². The van der Waals surface area contributed by atoms with E-state index in [0.717, 1.165) is 0 Å². The Morgan fingerprint density at radius 3 is 1.43 bits per heavy atom. The normalized spacial score (nSPS) is 16.2. The van der Waals surface area contributed by atoms with Crippen LogP contribution in [0.2, 0.25) is 0 Å². The van der Waals surface area contributed by atoms with Crippen LogP contribution in [0.5, 0.6) is 0 Å². The van der Waals surface area contributed by atoms with Crippen LogP contribution in [0.25, 0.3) is 0 Å². The van der Waals surface area contributed by atoms with Gasteiger partial charge in [-0.15, -0.1) is 0 Å². The molecule has 0 aromatic heterocycles. The smallest absolute Gasteiger partial charge is 0.328 e. The number of nitrogens with one attached hydrogen (secondary N) is 4. The van der Waals surface area contributed by atoms with Crippen LogP contribution in [0.3, 0.4) is 0 Å². The van der Waals surface area contributed by atoms with Gasteiger partial charge < -0.3 is 51.1 Å². The summed E-state index contributed by atoms with van der Waals surface area (Å²) in [5.41, 5.74) is 3.21. The van der Waals surface area contributed by atoms with Gasteiger partial charge in [-0.25, -0.2) is 4.79 Å². The second-order valence-electron chi connectivity index (χ2n) is 16.9. The van der Waals surface area contributed by atoms with E-state index < -0.39 is 107 Å². The van der Waals surface area contributed by atoms with Crippen molar-refractivity contribution in [1.82, 2.24) is 21.3 Å². The average molecular weight is 732 g/mol. The van der Waals surface area contributed by atoms with Crippen LogP contribution >= 0.6 is 0 Å². The maximum absolute atomic E-state index is 13.8. The van der Waals surface area contributed by atoms with Crippen molar-refractivity contribution in [3.05, 3.63) is 0 Å². The number of esters is 1. The highest BCUT2D eigenvalue weighted by Gasteiger charge is 2.36. The molecule has 6 atom stereocenters. The summed E-state index contributed by atoms with van der Waals surface area (Å²) in [4.78, 5) is 78.8. The Kier molecular flexibility index (Phi) is 18.2. The highest BCUT2D eigenvalue weighted by Crippen LogP contribution is 2.15. The van der Waals surface area contributed by atoms with Crippen LogP contribution in [-0.2, 0) is 47.7 Å². The lowest BCUT2D eigenvalue weighted by atomic mass is 10.0. The summed E-state index contributed by atoms with van der Waals surface area (Å²) in [6.45, 7) is 24.9. The predicted molar refractivity (Wildman–Crippen MR) is 190 cm³/mol. The molecular weight excluding hydrogens is 666 g/mol. The number of amides is 4. The molecule has 0 aliphatic heterocycles. The molecule has 0 aliphatic rings. The van der Waals surface area contributed by atoms with Crippen molar-refractivity contribution in [2.45, 2.75) is 169 Å². The first-order valence-corrected chi connectivity index (χ1v) is 17.2. The number of carboxylic acid groups (broad SMARTS) is 1. The zero-order valence-corrected chi connectivity index (χ0v) is 33.3. The largest absolute Gasteiger partial charge is 0.480 e. The first-order valence-electron chi connectivity index (χ1n) is 17.2. The second kappa shape index (κ2) is 19.5. The highest BCUT2D eigenvalue weighted by atomic mass is 16.6. The second-order valence-corrected chi connectivity index (χ2v) is 16.9. The van der Waals surface area contributed by atoms with Crippen molar-refractivity contribution >= 4 is 35.6 Å². The molecule has 16 heteroatoms. The lowest BCUT2D eigenvalue weighted by molar-refractivity contribution is -0.157. The fourth-order valence-corrected chi connectivity index (χ4v) is 4.22. The van der Waals surface area contributed by atoms with E-state index in [2.05, 4.69) is 21.3 Å². The molecule has 0 heterocycles. The van der Waals surface area contributed by atoms with Gasteiger partial charge in [-0.1, -0.05) is 13.8 Å². The van der Waals surface area contributed by atoms with Crippen molar-refractivity contribution in [3.8, 4) is 0 Å². The van der Waals surface area contributed by atoms with E-state index in [4.69, 9.17) is 24.7 Å². The third-order valence-corrected chi connectivity index (χ3v) is 6.63. The molecule has 4 amide bonds. The minimum atomic E-state index is -1.59. The fourth-order valence-electron chi connectivity index (χ4n) is 4.22. The van der Waals surface area contributed by atoms with Gasteiger partial charge >= 0.3 is 11.9 Å². The summed E-state index contributed by atoms with van der Waals surface area (Å²) < 4.78 is 22.5. The minimum Gasteiger partial charge on any atom is -0.480 e. The Bertz CT molecular complexity index is 1200. The predicted octanol–water partition coefficient (Wildman–Crippen LogP) is 1.56. The molecule has 0 spiro atoms. The van der Waals surface area contributed by atoms with Crippen LogP contribution in [-0.4, -0.2) is 113 Å². The maximum Gasteiger partial charge on any atom is 0.328 e. The van der Waals surface area contributed by atoms with Crippen molar-refractivity contribution < 1.29 is 52.8 Å². The van der Waals surface area contributed by atoms with Gasteiger partial charge in [-0.05, 0) is 95.9 Å². The molecule has 0 aliphatic carbocycles. The van der Waals surface area contributed by atoms with E-state index in [0.29, 0.717) is 0 Å². The van der Waals surface area contributed by atoms with E-state index in [1.54, 1.807) is 104 Å². The Labute approximate surface area is 303 Å². The molecule has 0 rings (SSSR count). The Morgan fingerprint density at radius 1 is 0.588 bits per heavy atom. The standard InChI is InChI=1S/C35H65N5O11/c1-19(2)26(30(45)39-23(31(46)47)18-49-33(7,8)9)40-27(42)21(16-24(41)51-35(13,14)15)37-28(43)22(17-48-32(4,5)6)38-29(44)25(36)20(3)50-34(10,11)12/h19-23,25-26H,16-18,36H2,1-15H3,(H,37,43)(H,38,44)(H,39,45)(H,40,42)(H,46,47)/t20-,21+,22+,23+,25+,26+/m1/s1. The molecule has 0 aromatic rings. The topological polar surface area (TPSA) is 234 Å². The highest BCUT2D eigenvalue weighted by molar-refractivity contribution is 5.97. The number of carbonyl (C=O) groups is 6. The zero-order valence-electron chi connectivity index (χ0n) is 33.3. The van der Waals surface area contributed by atoms with Crippen molar-refractivity contribution in [1.29, 1.82) is 0 Å². The summed E-state index contributed by atoms with van der Waals surface area (Å²) >= 11 is 0. The Morgan fingerprint density at radius 2 is 1.02 bits per heavy atom. The summed E-state index contributed by atoms with van der Waals surface area (Å²) in [5.74, 6) is -6.11. The van der Waals surface area contributed by atoms with E-state index >= 15 is 0 Å². The van der Waals surface area contributed by atoms with Gasteiger partial charge in [0.15, 0.2) is 6.04 Å². The molecule has 296 valence electrons. The Hall–Kier alpha value is -3.34. The zero-order chi connectivity index (χ0) is 40.3. The average Bonchev–Trinajstić information content (AvgIpc) is 2.91. The van der Waals surface area contributed by atoms with Crippen molar-refractivity contribution in [2.75, 3.05) is 13.2 Å². The third-order valence-electron chi connectivity index (χ3n) is 6.63. The van der Waals surface area contributed by atoms with Gasteiger partial charge in [-0.2, -0.15) is 0 Å². The third kappa shape index (κ3) is 20.9. The molecule has 51 heavy (non-hydrogen) atoms. The van der Waals surface area contributed by atoms with Gasteiger partial charge in [0, 0.05) is 0 Å². The van der Waals surface area contributed by atoms with Crippen LogP contribution < -0.4 is 27.0 Å². The molecule has 0 radical (unpaired) electrons. The number of aliphatic carboxylic acids is 1. The van der Waals surface area contributed by atoms with Crippen molar-refractivity contribution in [2.24, 2.45) is 11.7 Å². The molecular formula is C35H65N5O11. The SMILES string of the molecule is CC(C)[C@H](NC(=O)[C@H](CC(=O)OC(C)(C)C)NC(=O)[C@H](COC(C)(C)C)NC(=O)[C@@H](N)[C@@H](C)OC(C)(C)C)C(=O)N[C@@H](COC(C)(C)C)C(=O)O. The van der Waals surface area contributed by atoms with Gasteiger partial charge in [0.05, 0.1) is 42.5 Å².